The maximum Gasteiger partial charge on any atom is 0.269 e. The Balaban J connectivity index is 1.41. The minimum Gasteiger partial charge on any atom is -0.457 e. The van der Waals surface area contributed by atoms with Crippen LogP contribution in [0.25, 0.3) is 5.69 Å². The largest absolute Gasteiger partial charge is 0.457 e. The van der Waals surface area contributed by atoms with E-state index in [0.717, 1.165) is 48.6 Å². The van der Waals surface area contributed by atoms with E-state index in [0.29, 0.717) is 30.5 Å². The first-order valence-electron chi connectivity index (χ1n) is 12.0. The number of ether oxygens (including phenoxy) is 1. The van der Waals surface area contributed by atoms with Crippen molar-refractivity contribution in [3.63, 3.8) is 0 Å². The van der Waals surface area contributed by atoms with E-state index in [1.807, 2.05) is 59.5 Å². The van der Waals surface area contributed by atoms with Gasteiger partial charge in [-0.15, -0.1) is 0 Å². The van der Waals surface area contributed by atoms with Gasteiger partial charge in [0.1, 0.15) is 11.5 Å². The lowest BCUT2D eigenvalue weighted by molar-refractivity contribution is -0.127. The molecule has 1 fully saturated rings. The lowest BCUT2D eigenvalue weighted by Gasteiger charge is -2.37. The number of anilines is 1. The first-order chi connectivity index (χ1) is 17.0. The predicted molar refractivity (Wildman–Crippen MR) is 134 cm³/mol. The van der Waals surface area contributed by atoms with Gasteiger partial charge in [-0.3, -0.25) is 9.59 Å². The SMILES string of the molecule is C=CC(=O)N1CCC(C2CCNc3c2nn(-c2ccc(Oc4ccccc4)cc2)c3C(N)=O)CC1. The number of nitrogens with zero attached hydrogens (tertiary/aromatic N) is 3. The molecular formula is C27H29N5O3. The van der Waals surface area contributed by atoms with Crippen molar-refractivity contribution in [2.24, 2.45) is 11.7 Å². The molecule has 0 aliphatic carbocycles. The Morgan fingerprint density at radius 2 is 1.71 bits per heavy atom. The lowest BCUT2D eigenvalue weighted by atomic mass is 9.78. The van der Waals surface area contributed by atoms with Crippen LogP contribution in [0, 0.1) is 5.92 Å². The van der Waals surface area contributed by atoms with Crippen LogP contribution >= 0.6 is 0 Å². The highest BCUT2D eigenvalue weighted by Gasteiger charge is 2.36. The minimum atomic E-state index is -0.525. The van der Waals surface area contributed by atoms with Gasteiger partial charge in [0.2, 0.25) is 5.91 Å². The van der Waals surface area contributed by atoms with Gasteiger partial charge in [0.25, 0.3) is 5.91 Å². The summed E-state index contributed by atoms with van der Waals surface area (Å²) in [4.78, 5) is 26.3. The molecule has 3 heterocycles. The molecule has 3 aromatic rings. The van der Waals surface area contributed by atoms with E-state index in [4.69, 9.17) is 15.6 Å². The molecule has 2 aliphatic heterocycles. The summed E-state index contributed by atoms with van der Waals surface area (Å²) in [5.74, 6) is 1.48. The van der Waals surface area contributed by atoms with Crippen molar-refractivity contribution < 1.29 is 14.3 Å². The molecular weight excluding hydrogens is 442 g/mol. The molecule has 0 spiro atoms. The summed E-state index contributed by atoms with van der Waals surface area (Å²) < 4.78 is 7.53. The number of nitrogens with one attached hydrogen (secondary N) is 1. The Hall–Kier alpha value is -4.07. The fourth-order valence-corrected chi connectivity index (χ4v) is 5.16. The first kappa shape index (κ1) is 22.7. The van der Waals surface area contributed by atoms with Crippen LogP contribution in [0.3, 0.4) is 0 Å². The molecule has 3 N–H and O–H groups in total. The van der Waals surface area contributed by atoms with Crippen molar-refractivity contribution in [1.82, 2.24) is 14.7 Å². The summed E-state index contributed by atoms with van der Waals surface area (Å²) in [5.41, 5.74) is 8.53. The monoisotopic (exact) mass is 471 g/mol. The van der Waals surface area contributed by atoms with Crippen molar-refractivity contribution in [3.8, 4) is 17.2 Å². The van der Waals surface area contributed by atoms with Gasteiger partial charge in [0.15, 0.2) is 5.69 Å². The zero-order valence-electron chi connectivity index (χ0n) is 19.5. The third-order valence-electron chi connectivity index (χ3n) is 6.91. The van der Waals surface area contributed by atoms with Crippen LogP contribution < -0.4 is 15.8 Å². The summed E-state index contributed by atoms with van der Waals surface area (Å²) in [7, 11) is 0. The van der Waals surface area contributed by atoms with Gasteiger partial charge in [0.05, 0.1) is 17.1 Å². The highest BCUT2D eigenvalue weighted by molar-refractivity contribution is 5.98. The number of aromatic nitrogens is 2. The number of hydrogen-bond donors (Lipinski definition) is 2. The maximum absolute atomic E-state index is 12.5. The maximum atomic E-state index is 12.5. The van der Waals surface area contributed by atoms with Gasteiger partial charge in [-0.2, -0.15) is 5.10 Å². The molecule has 8 nitrogen and oxygen atoms in total. The Bertz CT molecular complexity index is 1230. The minimum absolute atomic E-state index is 0.0190. The number of primary amides is 1. The normalized spacial score (nSPS) is 17.8. The second-order valence-corrected chi connectivity index (χ2v) is 8.98. The quantitative estimate of drug-likeness (QED) is 0.527. The molecule has 1 unspecified atom stereocenters. The summed E-state index contributed by atoms with van der Waals surface area (Å²) in [6, 6.07) is 17.0. The second kappa shape index (κ2) is 9.66. The van der Waals surface area contributed by atoms with E-state index >= 15 is 0 Å². The number of fused-ring (bicyclic) bond motifs is 1. The second-order valence-electron chi connectivity index (χ2n) is 8.98. The van der Waals surface area contributed by atoms with Crippen LogP contribution in [-0.4, -0.2) is 46.1 Å². The Morgan fingerprint density at radius 1 is 1.03 bits per heavy atom. The van der Waals surface area contributed by atoms with E-state index in [-0.39, 0.29) is 11.8 Å². The smallest absolute Gasteiger partial charge is 0.269 e. The van der Waals surface area contributed by atoms with Crippen molar-refractivity contribution >= 4 is 17.5 Å². The molecule has 0 radical (unpaired) electrons. The van der Waals surface area contributed by atoms with Crippen molar-refractivity contribution in [2.45, 2.75) is 25.2 Å². The number of para-hydroxylation sites is 1. The Morgan fingerprint density at radius 3 is 2.37 bits per heavy atom. The molecule has 0 saturated carbocycles. The summed E-state index contributed by atoms with van der Waals surface area (Å²) >= 11 is 0. The van der Waals surface area contributed by atoms with Crippen LogP contribution in [0.1, 0.15) is 41.4 Å². The number of likely N-dealkylation sites (tertiary alicyclic amines) is 1. The molecule has 1 atom stereocenters. The third kappa shape index (κ3) is 4.51. The molecule has 0 bridgehead atoms. The lowest BCUT2D eigenvalue weighted by Crippen LogP contribution is -2.39. The number of piperidine rings is 1. The molecule has 5 rings (SSSR count). The molecule has 2 aliphatic rings. The molecule has 1 saturated heterocycles. The zero-order valence-corrected chi connectivity index (χ0v) is 19.5. The number of carbonyl (C=O) groups excluding carboxylic acids is 2. The highest BCUT2D eigenvalue weighted by Crippen LogP contribution is 2.42. The van der Waals surface area contributed by atoms with E-state index in [2.05, 4.69) is 11.9 Å². The Labute approximate surface area is 204 Å². The third-order valence-corrected chi connectivity index (χ3v) is 6.91. The standard InChI is InChI=1S/C27H29N5O3/c1-2-23(33)31-16-13-18(14-17-31)22-12-15-29-25-24(22)30-32(26(25)27(28)34)19-8-10-21(11-9-19)35-20-6-4-3-5-7-20/h2-11,18,22,29H,1,12-17H2,(H2,28,34). The summed E-state index contributed by atoms with van der Waals surface area (Å²) in [5, 5.41) is 8.26. The van der Waals surface area contributed by atoms with E-state index in [9.17, 15) is 9.59 Å². The van der Waals surface area contributed by atoms with Gasteiger partial charge >= 0.3 is 0 Å². The average molecular weight is 472 g/mol. The van der Waals surface area contributed by atoms with Gasteiger partial charge in [0, 0.05) is 25.6 Å². The fraction of sp³-hybridized carbons (Fsp3) is 0.296. The molecule has 1 aromatic heterocycles. The number of hydrogen-bond acceptors (Lipinski definition) is 5. The van der Waals surface area contributed by atoms with Crippen molar-refractivity contribution in [1.29, 1.82) is 0 Å². The Kier molecular flexibility index (Phi) is 6.27. The van der Waals surface area contributed by atoms with Gasteiger partial charge in [-0.25, -0.2) is 4.68 Å². The first-order valence-corrected chi connectivity index (χ1v) is 12.0. The number of amides is 2. The van der Waals surface area contributed by atoms with Crippen LogP contribution in [0.5, 0.6) is 11.5 Å². The van der Waals surface area contributed by atoms with E-state index in [1.165, 1.54) is 6.08 Å². The number of nitrogens with two attached hydrogens (primary N) is 1. The van der Waals surface area contributed by atoms with Crippen LogP contribution in [0.2, 0.25) is 0 Å². The van der Waals surface area contributed by atoms with Gasteiger partial charge in [-0.05, 0) is 67.7 Å². The van der Waals surface area contributed by atoms with Gasteiger partial charge in [-0.1, -0.05) is 24.8 Å². The van der Waals surface area contributed by atoms with Crippen molar-refractivity contribution in [2.75, 3.05) is 25.0 Å². The molecule has 180 valence electrons. The molecule has 2 aromatic carbocycles. The molecule has 8 heteroatoms. The van der Waals surface area contributed by atoms with Crippen LogP contribution in [0.15, 0.2) is 67.3 Å². The summed E-state index contributed by atoms with van der Waals surface area (Å²) in [6.07, 6.45) is 4.09. The van der Waals surface area contributed by atoms with Crippen molar-refractivity contribution in [3.05, 3.63) is 78.6 Å². The predicted octanol–water partition coefficient (Wildman–Crippen LogP) is 4.09. The number of carbonyl (C=O) groups is 2. The number of benzene rings is 2. The molecule has 35 heavy (non-hydrogen) atoms. The highest BCUT2D eigenvalue weighted by atomic mass is 16.5. The topological polar surface area (TPSA) is 102 Å². The van der Waals surface area contributed by atoms with E-state index in [1.54, 1.807) is 4.68 Å². The van der Waals surface area contributed by atoms with E-state index < -0.39 is 5.91 Å². The van der Waals surface area contributed by atoms with Gasteiger partial charge < -0.3 is 20.7 Å². The average Bonchev–Trinajstić information content (AvgIpc) is 3.29. The molecule has 2 amide bonds. The fourth-order valence-electron chi connectivity index (χ4n) is 5.16. The van der Waals surface area contributed by atoms with Crippen LogP contribution in [0.4, 0.5) is 5.69 Å². The summed E-state index contributed by atoms with van der Waals surface area (Å²) in [6.45, 7) is 5.76. The zero-order chi connectivity index (χ0) is 24.4. The number of rotatable bonds is 6. The van der Waals surface area contributed by atoms with Crippen LogP contribution in [-0.2, 0) is 4.79 Å².